The van der Waals surface area contributed by atoms with Crippen LogP contribution >= 0.6 is 23.2 Å². The zero-order chi connectivity index (χ0) is 23.5. The van der Waals surface area contributed by atoms with E-state index in [0.29, 0.717) is 21.2 Å². The van der Waals surface area contributed by atoms with Crippen molar-refractivity contribution in [2.24, 2.45) is 0 Å². The van der Waals surface area contributed by atoms with Crippen LogP contribution in [0.3, 0.4) is 0 Å². The molecule has 170 valence electrons. The molecule has 0 aliphatic carbocycles. The molecule has 4 N–H and O–H groups in total. The summed E-state index contributed by atoms with van der Waals surface area (Å²) in [5.74, 6) is -1.08. The largest absolute Gasteiger partial charge is 0.288 e. The summed E-state index contributed by atoms with van der Waals surface area (Å²) in [7, 11) is 0. The number of carbonyl (C=O) groups excluding carboxylic acids is 2. The van der Waals surface area contributed by atoms with E-state index in [4.69, 9.17) is 33.6 Å². The summed E-state index contributed by atoms with van der Waals surface area (Å²) in [6.07, 6.45) is 5.84. The van der Waals surface area contributed by atoms with Crippen molar-refractivity contribution in [1.82, 2.24) is 11.0 Å². The molecule has 0 atom stereocenters. The smallest absolute Gasteiger partial charge is 0.274 e. The van der Waals surface area contributed by atoms with Crippen molar-refractivity contribution in [3.63, 3.8) is 0 Å². The zero-order valence-electron chi connectivity index (χ0n) is 17.8. The summed E-state index contributed by atoms with van der Waals surface area (Å²) in [5.41, 5.74) is 3.78. The van der Waals surface area contributed by atoms with Crippen molar-refractivity contribution in [3.8, 4) is 0 Å². The maximum atomic E-state index is 10.7. The first kappa shape index (κ1) is 29.7. The summed E-state index contributed by atoms with van der Waals surface area (Å²) in [4.78, 5) is 21.4. The van der Waals surface area contributed by atoms with E-state index in [1.54, 1.807) is 33.1 Å². The van der Waals surface area contributed by atoms with E-state index in [0.717, 1.165) is 0 Å². The van der Waals surface area contributed by atoms with Crippen LogP contribution in [-0.2, 0) is 0 Å². The van der Waals surface area contributed by atoms with Crippen LogP contribution in [0.15, 0.2) is 48.5 Å². The molecule has 0 fully saturated rings. The van der Waals surface area contributed by atoms with Crippen molar-refractivity contribution >= 4 is 56.2 Å². The fraction of sp³-hybridized carbons (Fsp3) is 0.364. The van der Waals surface area contributed by atoms with E-state index in [1.807, 2.05) is 0 Å². The molecule has 0 aliphatic rings. The second-order valence-electron chi connectivity index (χ2n) is 6.35. The fourth-order valence-corrected chi connectivity index (χ4v) is 6.47. The second kappa shape index (κ2) is 19.4. The van der Waals surface area contributed by atoms with Crippen molar-refractivity contribution < 1.29 is 20.0 Å². The van der Waals surface area contributed by atoms with Gasteiger partial charge in [-0.05, 0) is 48.5 Å². The molecule has 0 aliphatic heterocycles. The third-order valence-electron chi connectivity index (χ3n) is 3.83. The zero-order valence-corrected chi connectivity index (χ0v) is 22.2. The van der Waals surface area contributed by atoms with E-state index >= 15 is 0 Å². The van der Waals surface area contributed by atoms with Crippen LogP contribution in [0.5, 0.6) is 0 Å². The van der Waals surface area contributed by atoms with Crippen LogP contribution in [0.1, 0.15) is 60.2 Å². The molecule has 2 radical (unpaired) electrons. The van der Waals surface area contributed by atoms with Gasteiger partial charge in [0.15, 0.2) is 0 Å². The molecular weight excluding hydrogens is 546 g/mol. The molecule has 0 bridgehead atoms. The van der Waals surface area contributed by atoms with E-state index in [1.165, 1.54) is 60.9 Å². The number of hydrogen-bond donors (Lipinski definition) is 4. The SMILES string of the molecule is CCC[CH2][Sn][CH2]CCC.O=C(NO)c1ccc(Cl)cc1.O=C(NO)c1ccc(Cl)cc1. The monoisotopic (exact) mass is 576 g/mol. The van der Waals surface area contributed by atoms with Gasteiger partial charge in [-0.3, -0.25) is 20.0 Å². The Kier molecular flexibility index (Phi) is 18.5. The molecule has 2 aromatic rings. The maximum Gasteiger partial charge on any atom is 0.274 e. The molecule has 0 heterocycles. The van der Waals surface area contributed by atoms with Gasteiger partial charge >= 0.3 is 69.5 Å². The topological polar surface area (TPSA) is 98.7 Å². The van der Waals surface area contributed by atoms with Crippen molar-refractivity contribution in [3.05, 3.63) is 69.7 Å². The minimum absolute atomic E-state index is 0.149. The van der Waals surface area contributed by atoms with Crippen molar-refractivity contribution in [2.45, 2.75) is 48.4 Å². The molecule has 2 rings (SSSR count). The number of halogens is 2. The molecule has 0 unspecified atom stereocenters. The number of carbonyl (C=O) groups is 2. The molecule has 0 saturated heterocycles. The molecule has 6 nitrogen and oxygen atoms in total. The van der Waals surface area contributed by atoms with Gasteiger partial charge in [0.25, 0.3) is 11.8 Å². The Balaban J connectivity index is 0.000000439. The average Bonchev–Trinajstić information content (AvgIpc) is 2.80. The van der Waals surface area contributed by atoms with E-state index in [2.05, 4.69) is 13.8 Å². The van der Waals surface area contributed by atoms with Gasteiger partial charge in [-0.1, -0.05) is 23.2 Å². The minimum Gasteiger partial charge on any atom is -0.288 e. The Morgan fingerprint density at radius 1 is 0.742 bits per heavy atom. The first-order valence-electron chi connectivity index (χ1n) is 10.00. The predicted octanol–water partition coefficient (Wildman–Crippen LogP) is 6.05. The number of nitrogens with one attached hydrogen (secondary N) is 2. The molecule has 0 spiro atoms. The second-order valence-corrected chi connectivity index (χ2v) is 11.5. The summed E-state index contributed by atoms with van der Waals surface area (Å²) >= 11 is 11.3. The molecular formula is C22H30Cl2N2O4Sn. The minimum atomic E-state index is -0.540. The van der Waals surface area contributed by atoms with Gasteiger partial charge in [-0.2, -0.15) is 0 Å². The quantitative estimate of drug-likeness (QED) is 0.133. The number of benzene rings is 2. The molecule has 0 saturated carbocycles. The normalized spacial score (nSPS) is 9.48. The fourth-order valence-electron chi connectivity index (χ4n) is 2.06. The summed E-state index contributed by atoms with van der Waals surface area (Å²) < 4.78 is 3.25. The Hall–Kier alpha value is -1.32. The van der Waals surface area contributed by atoms with E-state index < -0.39 is 11.8 Å². The van der Waals surface area contributed by atoms with Crippen molar-refractivity contribution in [2.75, 3.05) is 0 Å². The maximum absolute atomic E-state index is 10.7. The number of amides is 2. The molecule has 31 heavy (non-hydrogen) atoms. The van der Waals surface area contributed by atoms with Gasteiger partial charge in [0.1, 0.15) is 0 Å². The number of unbranched alkanes of at least 4 members (excludes halogenated alkanes) is 2. The standard InChI is InChI=1S/2C7H6ClNO2.2C4H9.Sn/c2*8-6-3-1-5(2-4-6)7(10)9-11;2*1-3-4-2;/h2*1-4,11H,(H,9,10);2*1,3-4H2,2H3;. The Morgan fingerprint density at radius 2 is 1.06 bits per heavy atom. The predicted molar refractivity (Wildman–Crippen MR) is 127 cm³/mol. The van der Waals surface area contributed by atoms with Gasteiger partial charge < -0.3 is 0 Å². The van der Waals surface area contributed by atoms with E-state index in [9.17, 15) is 9.59 Å². The Bertz CT molecular complexity index is 681. The number of hydrogen-bond acceptors (Lipinski definition) is 4. The molecule has 0 aromatic heterocycles. The van der Waals surface area contributed by atoms with Gasteiger partial charge in [0.2, 0.25) is 0 Å². The van der Waals surface area contributed by atoms with Crippen LogP contribution < -0.4 is 11.0 Å². The molecule has 2 aromatic carbocycles. The van der Waals surface area contributed by atoms with Gasteiger partial charge in [0, 0.05) is 21.2 Å². The molecule has 2 amide bonds. The van der Waals surface area contributed by atoms with E-state index in [-0.39, 0.29) is 21.1 Å². The van der Waals surface area contributed by atoms with Crippen LogP contribution in [0.25, 0.3) is 0 Å². The van der Waals surface area contributed by atoms with Crippen LogP contribution in [-0.4, -0.2) is 43.4 Å². The Labute approximate surface area is 204 Å². The average molecular weight is 576 g/mol. The summed E-state index contributed by atoms with van der Waals surface area (Å²) in [5, 5.41) is 17.6. The third kappa shape index (κ3) is 15.2. The van der Waals surface area contributed by atoms with Gasteiger partial charge in [0.05, 0.1) is 0 Å². The van der Waals surface area contributed by atoms with Crippen LogP contribution in [0.2, 0.25) is 18.9 Å². The van der Waals surface area contributed by atoms with Gasteiger partial charge in [-0.15, -0.1) is 0 Å². The van der Waals surface area contributed by atoms with Gasteiger partial charge in [-0.25, -0.2) is 11.0 Å². The first-order valence-corrected chi connectivity index (χ1v) is 14.8. The third-order valence-corrected chi connectivity index (χ3v) is 8.37. The number of hydroxylamine groups is 2. The molecule has 9 heteroatoms. The number of rotatable bonds is 8. The Morgan fingerprint density at radius 3 is 1.32 bits per heavy atom. The van der Waals surface area contributed by atoms with Crippen molar-refractivity contribution in [1.29, 1.82) is 0 Å². The summed E-state index contributed by atoms with van der Waals surface area (Å²) in [6, 6.07) is 12.4. The van der Waals surface area contributed by atoms with Crippen LogP contribution in [0.4, 0.5) is 0 Å². The first-order chi connectivity index (χ1) is 14.9. The van der Waals surface area contributed by atoms with Crippen LogP contribution in [0, 0.1) is 0 Å². The summed E-state index contributed by atoms with van der Waals surface area (Å²) in [6.45, 7) is 4.58.